The average molecular weight is 758 g/mol. The molecule has 0 radical (unpaired) electrons. The van der Waals surface area contributed by atoms with Crippen LogP contribution in [0.25, 0.3) is 83.1 Å². The first-order valence-corrected chi connectivity index (χ1v) is 20.5. The van der Waals surface area contributed by atoms with Crippen LogP contribution in [0.3, 0.4) is 0 Å². The molecule has 5 heteroatoms. The zero-order chi connectivity index (χ0) is 38.0. The van der Waals surface area contributed by atoms with Crippen LogP contribution in [0.2, 0.25) is 0 Å². The second kappa shape index (κ2) is 11.9. The highest BCUT2D eigenvalue weighted by Crippen LogP contribution is 2.62. The first kappa shape index (κ1) is 31.9. The summed E-state index contributed by atoms with van der Waals surface area (Å²) in [6, 6.07) is 64.3. The van der Waals surface area contributed by atoms with Crippen LogP contribution in [0.4, 0.5) is 0 Å². The zero-order valence-electron chi connectivity index (χ0n) is 31.1. The highest BCUT2D eigenvalue weighted by molar-refractivity contribution is 7.99. The number of rotatable bonds is 2. The van der Waals surface area contributed by atoms with E-state index in [1.165, 1.54) is 54.3 Å². The topological polar surface area (TPSA) is 43.9 Å². The van der Waals surface area contributed by atoms with Crippen molar-refractivity contribution >= 4 is 55.6 Å². The number of para-hydroxylation sites is 1. The number of benzene rings is 7. The maximum absolute atomic E-state index is 6.69. The summed E-state index contributed by atoms with van der Waals surface area (Å²) < 4.78 is 8.86. The van der Waals surface area contributed by atoms with Gasteiger partial charge in [0.2, 0.25) is 0 Å². The molecule has 1 unspecified atom stereocenters. The molecule has 0 N–H and O–H groups in total. The molecule has 5 heterocycles. The molecule has 58 heavy (non-hydrogen) atoms. The van der Waals surface area contributed by atoms with Gasteiger partial charge in [0.1, 0.15) is 22.6 Å². The van der Waals surface area contributed by atoms with E-state index >= 15 is 0 Å². The van der Waals surface area contributed by atoms with Gasteiger partial charge in [-0.3, -0.25) is 4.57 Å². The van der Waals surface area contributed by atoms with E-state index in [1.807, 2.05) is 48.4 Å². The van der Waals surface area contributed by atoms with Crippen LogP contribution in [0.5, 0.6) is 0 Å². The Morgan fingerprint density at radius 2 is 1.14 bits per heavy atom. The standard InChI is InChI=1S/C53H31N3OS/c1-2-13-35-34(12-1)36-14-3-5-17-42(36)53(43-18-6-8-20-49(43)58-50-30-41-38-15-4-7-19-47(38)57-48(41)31-45(50)53)44-29-33(22-24-37(35)44)32-23-25-46-40(28-32)39-16-11-27-55-52(39)56(46)51-21-9-10-26-54-51/h1-31H. The van der Waals surface area contributed by atoms with Gasteiger partial charge in [-0.1, -0.05) is 121 Å². The summed E-state index contributed by atoms with van der Waals surface area (Å²) in [5.41, 5.74) is 15.4. The van der Waals surface area contributed by atoms with E-state index in [0.29, 0.717) is 0 Å². The lowest BCUT2D eigenvalue weighted by molar-refractivity contribution is 0.660. The van der Waals surface area contributed by atoms with Gasteiger partial charge in [-0.05, 0) is 122 Å². The lowest BCUT2D eigenvalue weighted by Crippen LogP contribution is -2.34. The molecule has 1 spiro atoms. The number of hydrogen-bond donors (Lipinski definition) is 0. The van der Waals surface area contributed by atoms with Crippen LogP contribution in [0.15, 0.2) is 203 Å². The Balaban J connectivity index is 1.15. The summed E-state index contributed by atoms with van der Waals surface area (Å²) in [4.78, 5) is 12.1. The highest BCUT2D eigenvalue weighted by Gasteiger charge is 2.48. The summed E-state index contributed by atoms with van der Waals surface area (Å²) in [7, 11) is 0. The third-order valence-corrected chi connectivity index (χ3v) is 13.5. The van der Waals surface area contributed by atoms with Crippen LogP contribution < -0.4 is 0 Å². The third kappa shape index (κ3) is 4.26. The Labute approximate surface area is 338 Å². The maximum atomic E-state index is 6.69. The molecule has 4 aromatic heterocycles. The number of aromatic nitrogens is 3. The SMILES string of the molecule is c1ccc(-n2c3ccc(-c4ccc5c(c4)C4(c6ccccc6Sc6cc7c(cc64)oc4ccccc47)c4ccccc4-c4ccccc4-5)cc3c3cccnc32)nc1. The highest BCUT2D eigenvalue weighted by atomic mass is 32.2. The molecule has 0 fully saturated rings. The quantitative estimate of drug-likeness (QED) is 0.176. The van der Waals surface area contributed by atoms with Gasteiger partial charge in [-0.15, -0.1) is 0 Å². The number of fused-ring (bicyclic) bond motifs is 17. The number of furan rings is 1. The third-order valence-electron chi connectivity index (χ3n) is 12.4. The lowest BCUT2D eigenvalue weighted by atomic mass is 9.63. The van der Waals surface area contributed by atoms with Crippen molar-refractivity contribution in [3.05, 3.63) is 211 Å². The molecular formula is C53H31N3OS. The summed E-state index contributed by atoms with van der Waals surface area (Å²) in [6.07, 6.45) is 3.70. The Kier molecular flexibility index (Phi) is 6.55. The average Bonchev–Trinajstić information content (AvgIpc) is 3.79. The Morgan fingerprint density at radius 1 is 0.431 bits per heavy atom. The van der Waals surface area contributed by atoms with Gasteiger partial charge in [-0.25, -0.2) is 9.97 Å². The van der Waals surface area contributed by atoms with E-state index in [2.05, 4.69) is 156 Å². The maximum Gasteiger partial charge on any atom is 0.146 e. The molecule has 13 rings (SSSR count). The predicted molar refractivity (Wildman–Crippen MR) is 236 cm³/mol. The largest absolute Gasteiger partial charge is 0.456 e. The van der Waals surface area contributed by atoms with Crippen molar-refractivity contribution in [1.82, 2.24) is 14.5 Å². The van der Waals surface area contributed by atoms with Gasteiger partial charge in [-0.2, -0.15) is 0 Å². The lowest BCUT2D eigenvalue weighted by Gasteiger charge is -2.43. The van der Waals surface area contributed by atoms with Gasteiger partial charge in [0.25, 0.3) is 0 Å². The monoisotopic (exact) mass is 757 g/mol. The van der Waals surface area contributed by atoms with Gasteiger partial charge >= 0.3 is 0 Å². The van der Waals surface area contributed by atoms with E-state index in [0.717, 1.165) is 60.8 Å². The molecule has 2 aliphatic rings. The molecule has 0 bridgehead atoms. The van der Waals surface area contributed by atoms with Crippen LogP contribution in [-0.2, 0) is 5.41 Å². The summed E-state index contributed by atoms with van der Waals surface area (Å²) in [6.45, 7) is 0. The van der Waals surface area contributed by atoms with Crippen molar-refractivity contribution in [3.8, 4) is 39.2 Å². The number of hydrogen-bond acceptors (Lipinski definition) is 4. The van der Waals surface area contributed by atoms with Crippen molar-refractivity contribution in [2.24, 2.45) is 0 Å². The zero-order valence-corrected chi connectivity index (χ0v) is 31.9. The molecule has 0 saturated carbocycles. The molecule has 0 amide bonds. The first-order chi connectivity index (χ1) is 28.8. The van der Waals surface area contributed by atoms with Gasteiger partial charge in [0.05, 0.1) is 10.9 Å². The molecular weight excluding hydrogens is 727 g/mol. The molecule has 1 atom stereocenters. The molecule has 1 aliphatic heterocycles. The van der Waals surface area contributed by atoms with E-state index in [4.69, 9.17) is 14.4 Å². The fraction of sp³-hybridized carbons (Fsp3) is 0.0189. The molecule has 7 aromatic carbocycles. The molecule has 4 nitrogen and oxygen atoms in total. The van der Waals surface area contributed by atoms with Crippen molar-refractivity contribution < 1.29 is 4.42 Å². The van der Waals surface area contributed by atoms with Crippen molar-refractivity contribution in [2.45, 2.75) is 15.2 Å². The van der Waals surface area contributed by atoms with Crippen molar-refractivity contribution in [2.75, 3.05) is 0 Å². The van der Waals surface area contributed by atoms with Crippen LogP contribution >= 0.6 is 11.8 Å². The summed E-state index contributed by atoms with van der Waals surface area (Å²) >= 11 is 1.87. The van der Waals surface area contributed by atoms with Gasteiger partial charge in [0.15, 0.2) is 0 Å². The van der Waals surface area contributed by atoms with E-state index in [1.54, 1.807) is 0 Å². The second-order valence-electron chi connectivity index (χ2n) is 15.3. The summed E-state index contributed by atoms with van der Waals surface area (Å²) in [5, 5.41) is 4.52. The van der Waals surface area contributed by atoms with Crippen molar-refractivity contribution in [1.29, 1.82) is 0 Å². The minimum absolute atomic E-state index is 0.672. The first-order valence-electron chi connectivity index (χ1n) is 19.6. The summed E-state index contributed by atoms with van der Waals surface area (Å²) in [5.74, 6) is 0.851. The van der Waals surface area contributed by atoms with Gasteiger partial charge in [0, 0.05) is 43.7 Å². The van der Waals surface area contributed by atoms with Crippen molar-refractivity contribution in [3.63, 3.8) is 0 Å². The van der Waals surface area contributed by atoms with Crippen LogP contribution in [0, 0.1) is 0 Å². The van der Waals surface area contributed by atoms with E-state index in [9.17, 15) is 0 Å². The van der Waals surface area contributed by atoms with Crippen LogP contribution in [0.1, 0.15) is 22.3 Å². The number of pyridine rings is 2. The molecule has 11 aromatic rings. The number of nitrogens with zero attached hydrogens (tertiary/aromatic N) is 3. The minimum Gasteiger partial charge on any atom is -0.456 e. The molecule has 0 saturated heterocycles. The fourth-order valence-corrected chi connectivity index (χ4v) is 11.2. The molecule has 270 valence electrons. The Hall–Kier alpha value is -7.21. The Morgan fingerprint density at radius 3 is 2.02 bits per heavy atom. The van der Waals surface area contributed by atoms with Gasteiger partial charge < -0.3 is 4.42 Å². The van der Waals surface area contributed by atoms with E-state index < -0.39 is 5.41 Å². The van der Waals surface area contributed by atoms with Crippen LogP contribution in [-0.4, -0.2) is 14.5 Å². The second-order valence-corrected chi connectivity index (χ2v) is 16.4. The fourth-order valence-electron chi connectivity index (χ4n) is 9.99. The van der Waals surface area contributed by atoms with E-state index in [-0.39, 0.29) is 0 Å². The molecule has 1 aliphatic carbocycles. The predicted octanol–water partition coefficient (Wildman–Crippen LogP) is 13.6. The normalized spacial score (nSPS) is 15.2. The smallest absolute Gasteiger partial charge is 0.146 e. The Bertz CT molecular complexity index is 3510. The minimum atomic E-state index is -0.672.